The Labute approximate surface area is 233 Å². The highest BCUT2D eigenvalue weighted by Gasteiger charge is 2.22. The van der Waals surface area contributed by atoms with Crippen molar-refractivity contribution in [2.24, 2.45) is 12.5 Å². The quantitative estimate of drug-likeness (QED) is 0.333. The van der Waals surface area contributed by atoms with E-state index >= 15 is 0 Å². The van der Waals surface area contributed by atoms with Crippen molar-refractivity contribution in [3.8, 4) is 28.7 Å². The molecule has 0 saturated carbocycles. The standard InChI is InChI=1S/C32H33N7O/c1-32(2,3)20-39-28-13-12-25(36-30(28)37(4)31(39)40)24-16-21(10-11-23(24)17-33)18-38-15-14-26-27(19-38)35-29(34-26)22-8-6-5-7-9-22/h5-13,16H,14-15,18-20H2,1-4H3,(H,34,35). The maximum absolute atomic E-state index is 13.0. The maximum atomic E-state index is 13.0. The SMILES string of the molecule is Cn1c(=O)n(CC(C)(C)C)c2ccc(-c3cc(CN4CCc5nc(-c6ccccc6)[nH]c5C4)ccc3C#N)nc21. The summed E-state index contributed by atoms with van der Waals surface area (Å²) in [6.45, 7) is 9.39. The Bertz CT molecular complexity index is 1810. The molecular formula is C32H33N7O. The normalized spacial score (nSPS) is 13.9. The minimum atomic E-state index is -0.0810. The molecule has 0 bridgehead atoms. The van der Waals surface area contributed by atoms with Crippen molar-refractivity contribution >= 4 is 11.2 Å². The molecular weight excluding hydrogens is 498 g/mol. The third-order valence-corrected chi connectivity index (χ3v) is 7.46. The first-order chi connectivity index (χ1) is 19.2. The molecule has 1 aliphatic rings. The van der Waals surface area contributed by atoms with Gasteiger partial charge >= 0.3 is 5.69 Å². The average Bonchev–Trinajstić information content (AvgIpc) is 3.47. The molecule has 0 aliphatic carbocycles. The number of pyridine rings is 1. The summed E-state index contributed by atoms with van der Waals surface area (Å²) in [5.41, 5.74) is 7.84. The summed E-state index contributed by atoms with van der Waals surface area (Å²) in [5.74, 6) is 0.917. The molecule has 1 N–H and O–H groups in total. The van der Waals surface area contributed by atoms with Gasteiger partial charge in [0.1, 0.15) is 5.82 Å². The van der Waals surface area contributed by atoms with Gasteiger partial charge < -0.3 is 4.98 Å². The number of H-pyrrole nitrogens is 1. The second-order valence-electron chi connectivity index (χ2n) is 11.9. The molecule has 6 rings (SSSR count). The molecule has 5 aromatic rings. The highest BCUT2D eigenvalue weighted by atomic mass is 16.1. The summed E-state index contributed by atoms with van der Waals surface area (Å²) in [6, 6.07) is 22.4. The molecule has 202 valence electrons. The van der Waals surface area contributed by atoms with E-state index in [-0.39, 0.29) is 11.1 Å². The Hall–Kier alpha value is -4.48. The minimum Gasteiger partial charge on any atom is -0.341 e. The zero-order valence-electron chi connectivity index (χ0n) is 23.4. The molecule has 0 spiro atoms. The lowest BCUT2D eigenvalue weighted by molar-refractivity contribution is 0.241. The number of hydrogen-bond acceptors (Lipinski definition) is 5. The van der Waals surface area contributed by atoms with Gasteiger partial charge in [0.05, 0.1) is 34.2 Å². The number of imidazole rings is 2. The number of hydrogen-bond donors (Lipinski definition) is 1. The summed E-state index contributed by atoms with van der Waals surface area (Å²) in [5, 5.41) is 9.88. The Morgan fingerprint density at radius 1 is 1.05 bits per heavy atom. The summed E-state index contributed by atoms with van der Waals surface area (Å²) in [4.78, 5) is 28.7. The number of nitrogens with one attached hydrogen (secondary N) is 1. The number of nitrogens with zero attached hydrogens (tertiary/aromatic N) is 6. The lowest BCUT2D eigenvalue weighted by Gasteiger charge is -2.26. The molecule has 0 fully saturated rings. The van der Waals surface area contributed by atoms with Crippen molar-refractivity contribution in [3.63, 3.8) is 0 Å². The van der Waals surface area contributed by atoms with Crippen LogP contribution in [0, 0.1) is 16.7 Å². The molecule has 1 aliphatic heterocycles. The van der Waals surface area contributed by atoms with E-state index in [0.717, 1.165) is 65.5 Å². The van der Waals surface area contributed by atoms with Gasteiger partial charge in [0.2, 0.25) is 0 Å². The number of benzene rings is 2. The van der Waals surface area contributed by atoms with Gasteiger partial charge in [-0.15, -0.1) is 0 Å². The first kappa shape index (κ1) is 25.8. The average molecular weight is 532 g/mol. The van der Waals surface area contributed by atoms with E-state index in [4.69, 9.17) is 9.97 Å². The van der Waals surface area contributed by atoms with Crippen molar-refractivity contribution in [2.45, 2.75) is 46.8 Å². The summed E-state index contributed by atoms with van der Waals surface area (Å²) < 4.78 is 3.39. The molecule has 0 saturated heterocycles. The van der Waals surface area contributed by atoms with Crippen LogP contribution in [0.2, 0.25) is 0 Å². The van der Waals surface area contributed by atoms with Gasteiger partial charge in [-0.05, 0) is 35.2 Å². The van der Waals surface area contributed by atoms with Crippen molar-refractivity contribution < 1.29 is 0 Å². The monoisotopic (exact) mass is 531 g/mol. The Morgan fingerprint density at radius 2 is 1.85 bits per heavy atom. The zero-order valence-corrected chi connectivity index (χ0v) is 23.4. The molecule has 8 heteroatoms. The van der Waals surface area contributed by atoms with Gasteiger partial charge in [0.15, 0.2) is 5.65 Å². The number of rotatable bonds is 5. The van der Waals surface area contributed by atoms with Crippen LogP contribution in [-0.2, 0) is 33.1 Å². The molecule has 8 nitrogen and oxygen atoms in total. The van der Waals surface area contributed by atoms with Gasteiger partial charge in [-0.2, -0.15) is 5.26 Å². The van der Waals surface area contributed by atoms with Crippen LogP contribution in [0.15, 0.2) is 65.5 Å². The summed E-state index contributed by atoms with van der Waals surface area (Å²) in [7, 11) is 1.76. The first-order valence-electron chi connectivity index (χ1n) is 13.7. The Balaban J connectivity index is 1.28. The van der Waals surface area contributed by atoms with Crippen LogP contribution >= 0.6 is 0 Å². The highest BCUT2D eigenvalue weighted by molar-refractivity contribution is 5.78. The van der Waals surface area contributed by atoms with Crippen LogP contribution in [0.1, 0.15) is 43.3 Å². The predicted octanol–water partition coefficient (Wildman–Crippen LogP) is 5.27. The van der Waals surface area contributed by atoms with Crippen molar-refractivity contribution in [1.82, 2.24) is 29.0 Å². The van der Waals surface area contributed by atoms with E-state index < -0.39 is 0 Å². The lowest BCUT2D eigenvalue weighted by Crippen LogP contribution is -2.30. The van der Waals surface area contributed by atoms with Crippen LogP contribution in [0.4, 0.5) is 0 Å². The van der Waals surface area contributed by atoms with Gasteiger partial charge in [-0.3, -0.25) is 14.0 Å². The third kappa shape index (κ3) is 4.85. The highest BCUT2D eigenvalue weighted by Crippen LogP contribution is 2.28. The molecule has 40 heavy (non-hydrogen) atoms. The molecule has 0 radical (unpaired) electrons. The number of nitriles is 1. The van der Waals surface area contributed by atoms with Gasteiger partial charge in [0, 0.05) is 50.8 Å². The van der Waals surface area contributed by atoms with Crippen LogP contribution in [0.5, 0.6) is 0 Å². The Kier molecular flexibility index (Phi) is 6.40. The smallest absolute Gasteiger partial charge is 0.330 e. The van der Waals surface area contributed by atoms with E-state index in [0.29, 0.717) is 23.4 Å². The van der Waals surface area contributed by atoms with Gasteiger partial charge in [0.25, 0.3) is 0 Å². The van der Waals surface area contributed by atoms with Crippen molar-refractivity contribution in [2.75, 3.05) is 6.54 Å². The number of fused-ring (bicyclic) bond motifs is 2. The number of aromatic amines is 1. The maximum Gasteiger partial charge on any atom is 0.330 e. The fourth-order valence-corrected chi connectivity index (χ4v) is 5.53. The largest absolute Gasteiger partial charge is 0.341 e. The van der Waals surface area contributed by atoms with Crippen LogP contribution < -0.4 is 5.69 Å². The van der Waals surface area contributed by atoms with E-state index in [1.54, 1.807) is 16.2 Å². The molecule has 0 unspecified atom stereocenters. The molecule has 2 aromatic carbocycles. The first-order valence-corrected chi connectivity index (χ1v) is 13.7. The van der Waals surface area contributed by atoms with Crippen LogP contribution in [0.25, 0.3) is 33.8 Å². The predicted molar refractivity (Wildman–Crippen MR) is 156 cm³/mol. The molecule has 3 aromatic heterocycles. The fourth-order valence-electron chi connectivity index (χ4n) is 5.53. The summed E-state index contributed by atoms with van der Waals surface area (Å²) >= 11 is 0. The topological polar surface area (TPSA) is 95.5 Å². The van der Waals surface area contributed by atoms with Crippen LogP contribution in [-0.4, -0.2) is 35.5 Å². The lowest BCUT2D eigenvalue weighted by atomic mass is 9.97. The molecule has 4 heterocycles. The van der Waals surface area contributed by atoms with E-state index in [1.165, 1.54) is 0 Å². The van der Waals surface area contributed by atoms with E-state index in [9.17, 15) is 10.1 Å². The van der Waals surface area contributed by atoms with Gasteiger partial charge in [-0.25, -0.2) is 14.8 Å². The van der Waals surface area contributed by atoms with E-state index in [2.05, 4.69) is 54.9 Å². The zero-order chi connectivity index (χ0) is 28.0. The fraction of sp³-hybridized carbons (Fsp3) is 0.312. The van der Waals surface area contributed by atoms with E-state index in [1.807, 2.05) is 42.5 Å². The van der Waals surface area contributed by atoms with Crippen LogP contribution in [0.3, 0.4) is 0 Å². The second kappa shape index (κ2) is 9.92. The summed E-state index contributed by atoms with van der Waals surface area (Å²) in [6.07, 6.45) is 0.889. The second-order valence-corrected chi connectivity index (χ2v) is 11.9. The third-order valence-electron chi connectivity index (χ3n) is 7.46. The van der Waals surface area contributed by atoms with Gasteiger partial charge in [-0.1, -0.05) is 57.2 Å². The molecule has 0 atom stereocenters. The number of aryl methyl sites for hydroxylation is 1. The van der Waals surface area contributed by atoms with Crippen molar-refractivity contribution in [1.29, 1.82) is 5.26 Å². The van der Waals surface area contributed by atoms with Crippen molar-refractivity contribution in [3.05, 3.63) is 93.7 Å². The number of aromatic nitrogens is 5. The minimum absolute atomic E-state index is 0.0480. The molecule has 0 amide bonds. The Morgan fingerprint density at radius 3 is 2.60 bits per heavy atom.